The van der Waals surface area contributed by atoms with Crippen molar-refractivity contribution in [3.8, 4) is 0 Å². The van der Waals surface area contributed by atoms with Gasteiger partial charge in [-0.2, -0.15) is 0 Å². The SMILES string of the molecule is CC1(C)OC2=C(C(=O)C(=O)c3ccccc32)C(N)C1N. The van der Waals surface area contributed by atoms with Crippen LogP contribution in [0.5, 0.6) is 0 Å². The zero-order chi connectivity index (χ0) is 14.7. The second-order valence-corrected chi connectivity index (χ2v) is 5.70. The van der Waals surface area contributed by atoms with Gasteiger partial charge in [-0.1, -0.05) is 24.3 Å². The van der Waals surface area contributed by atoms with E-state index in [0.717, 1.165) is 0 Å². The summed E-state index contributed by atoms with van der Waals surface area (Å²) in [6, 6.07) is 5.63. The van der Waals surface area contributed by atoms with Crippen molar-refractivity contribution < 1.29 is 14.3 Å². The van der Waals surface area contributed by atoms with Crippen molar-refractivity contribution in [3.63, 3.8) is 0 Å². The summed E-state index contributed by atoms with van der Waals surface area (Å²) in [6.07, 6.45) is 0. The van der Waals surface area contributed by atoms with E-state index in [1.165, 1.54) is 0 Å². The molecule has 2 atom stereocenters. The number of carbonyl (C=O) groups is 2. The van der Waals surface area contributed by atoms with E-state index in [1.807, 2.05) is 13.8 Å². The summed E-state index contributed by atoms with van der Waals surface area (Å²) >= 11 is 0. The van der Waals surface area contributed by atoms with Gasteiger partial charge in [0.25, 0.3) is 0 Å². The van der Waals surface area contributed by atoms with Crippen LogP contribution in [0.3, 0.4) is 0 Å². The minimum Gasteiger partial charge on any atom is -0.485 e. The van der Waals surface area contributed by atoms with E-state index < -0.39 is 29.3 Å². The Morgan fingerprint density at radius 2 is 1.65 bits per heavy atom. The molecule has 3 rings (SSSR count). The number of Topliss-reactive ketones (excluding diaryl/α,β-unsaturated/α-hetero) is 2. The highest BCUT2D eigenvalue weighted by Crippen LogP contribution is 2.40. The summed E-state index contributed by atoms with van der Waals surface area (Å²) in [6.45, 7) is 3.65. The standard InChI is InChI=1S/C15H16N2O3/c1-15(2)14(17)10(16)9-12(19)11(18)7-5-3-4-6-8(7)13(9)20-15/h3-6,10,14H,16-17H2,1-2H3. The molecule has 0 aromatic heterocycles. The van der Waals surface area contributed by atoms with Crippen molar-refractivity contribution >= 4 is 17.3 Å². The van der Waals surface area contributed by atoms with Crippen molar-refractivity contribution in [2.24, 2.45) is 11.5 Å². The van der Waals surface area contributed by atoms with Gasteiger partial charge >= 0.3 is 0 Å². The summed E-state index contributed by atoms with van der Waals surface area (Å²) in [5.41, 5.74) is 12.6. The van der Waals surface area contributed by atoms with E-state index in [4.69, 9.17) is 16.2 Å². The average molecular weight is 272 g/mol. The predicted octanol–water partition coefficient (Wildman–Crippen LogP) is 0.627. The molecule has 0 fully saturated rings. The third-order valence-corrected chi connectivity index (χ3v) is 4.00. The van der Waals surface area contributed by atoms with E-state index in [9.17, 15) is 9.59 Å². The molecule has 1 aliphatic heterocycles. The van der Waals surface area contributed by atoms with Gasteiger partial charge in [0.1, 0.15) is 11.4 Å². The first kappa shape index (κ1) is 13.0. The van der Waals surface area contributed by atoms with Crippen molar-refractivity contribution in [1.29, 1.82) is 0 Å². The minimum atomic E-state index is -0.710. The van der Waals surface area contributed by atoms with Crippen molar-refractivity contribution in [1.82, 2.24) is 0 Å². The normalized spacial score (nSPS) is 27.8. The molecule has 4 N–H and O–H groups in total. The fourth-order valence-corrected chi connectivity index (χ4v) is 2.73. The number of benzene rings is 1. The number of hydrogen-bond acceptors (Lipinski definition) is 5. The first-order chi connectivity index (χ1) is 9.34. The molecule has 0 bridgehead atoms. The molecule has 2 aliphatic rings. The summed E-state index contributed by atoms with van der Waals surface area (Å²) in [5, 5.41) is 0. The Bertz CT molecular complexity index is 661. The van der Waals surface area contributed by atoms with Crippen LogP contribution in [0, 0.1) is 0 Å². The fourth-order valence-electron chi connectivity index (χ4n) is 2.73. The van der Waals surface area contributed by atoms with E-state index in [2.05, 4.69) is 0 Å². The quantitative estimate of drug-likeness (QED) is 0.675. The Morgan fingerprint density at radius 1 is 1.05 bits per heavy atom. The van der Waals surface area contributed by atoms with E-state index in [-0.39, 0.29) is 5.57 Å². The molecule has 5 heteroatoms. The van der Waals surface area contributed by atoms with Crippen LogP contribution in [0.2, 0.25) is 0 Å². The zero-order valence-corrected chi connectivity index (χ0v) is 11.3. The van der Waals surface area contributed by atoms with Gasteiger partial charge in [-0.15, -0.1) is 0 Å². The maximum absolute atomic E-state index is 12.3. The molecule has 0 radical (unpaired) electrons. The number of fused-ring (bicyclic) bond motifs is 2. The van der Waals surface area contributed by atoms with Crippen LogP contribution in [0.4, 0.5) is 0 Å². The van der Waals surface area contributed by atoms with Gasteiger partial charge in [0, 0.05) is 11.1 Å². The highest BCUT2D eigenvalue weighted by Gasteiger charge is 2.47. The van der Waals surface area contributed by atoms with Crippen LogP contribution in [-0.2, 0) is 9.53 Å². The maximum atomic E-state index is 12.3. The second-order valence-electron chi connectivity index (χ2n) is 5.70. The summed E-state index contributed by atoms with van der Waals surface area (Å²) < 4.78 is 5.91. The van der Waals surface area contributed by atoms with E-state index in [0.29, 0.717) is 16.9 Å². The Balaban J connectivity index is 2.28. The minimum absolute atomic E-state index is 0.195. The average Bonchev–Trinajstić information content (AvgIpc) is 2.42. The van der Waals surface area contributed by atoms with E-state index in [1.54, 1.807) is 24.3 Å². The fraction of sp³-hybridized carbons (Fsp3) is 0.333. The number of ketones is 2. The van der Waals surface area contributed by atoms with E-state index >= 15 is 0 Å². The van der Waals surface area contributed by atoms with Gasteiger partial charge < -0.3 is 16.2 Å². The van der Waals surface area contributed by atoms with Crippen molar-refractivity contribution in [2.45, 2.75) is 31.5 Å². The van der Waals surface area contributed by atoms with Crippen LogP contribution >= 0.6 is 0 Å². The van der Waals surface area contributed by atoms with Gasteiger partial charge in [0.15, 0.2) is 0 Å². The summed E-state index contributed by atoms with van der Waals surface area (Å²) in [4.78, 5) is 24.4. The van der Waals surface area contributed by atoms with Crippen LogP contribution < -0.4 is 11.5 Å². The lowest BCUT2D eigenvalue weighted by atomic mass is 9.77. The molecule has 0 spiro atoms. The molecule has 1 heterocycles. The van der Waals surface area contributed by atoms with Gasteiger partial charge in [0.05, 0.1) is 17.7 Å². The van der Waals surface area contributed by atoms with Crippen LogP contribution in [0.1, 0.15) is 29.8 Å². The number of nitrogens with two attached hydrogens (primary N) is 2. The molecular weight excluding hydrogens is 256 g/mol. The lowest BCUT2D eigenvalue weighted by Crippen LogP contribution is -2.61. The van der Waals surface area contributed by atoms with Gasteiger partial charge in [-0.25, -0.2) is 0 Å². The molecule has 0 saturated carbocycles. The lowest BCUT2D eigenvalue weighted by molar-refractivity contribution is -0.113. The molecule has 104 valence electrons. The second kappa shape index (κ2) is 4.01. The largest absolute Gasteiger partial charge is 0.485 e. The first-order valence-corrected chi connectivity index (χ1v) is 6.47. The summed E-state index contributed by atoms with van der Waals surface area (Å²) in [7, 11) is 0. The van der Waals surface area contributed by atoms with Crippen molar-refractivity contribution in [3.05, 3.63) is 41.0 Å². The van der Waals surface area contributed by atoms with Gasteiger partial charge in [0.2, 0.25) is 11.6 Å². The lowest BCUT2D eigenvalue weighted by Gasteiger charge is -2.43. The highest BCUT2D eigenvalue weighted by atomic mass is 16.5. The number of ether oxygens (including phenoxy) is 1. The number of rotatable bonds is 0. The Morgan fingerprint density at radius 3 is 2.30 bits per heavy atom. The molecule has 0 saturated heterocycles. The molecule has 0 amide bonds. The Kier molecular flexibility index (Phi) is 2.61. The molecular formula is C15H16N2O3. The Labute approximate surface area is 116 Å². The van der Waals surface area contributed by atoms with Crippen molar-refractivity contribution in [2.75, 3.05) is 0 Å². The molecule has 1 aromatic rings. The zero-order valence-electron chi connectivity index (χ0n) is 11.3. The third kappa shape index (κ3) is 1.57. The molecule has 5 nitrogen and oxygen atoms in total. The predicted molar refractivity (Wildman–Crippen MR) is 73.8 cm³/mol. The smallest absolute Gasteiger partial charge is 0.234 e. The van der Waals surface area contributed by atoms with Crippen LogP contribution in [-0.4, -0.2) is 29.3 Å². The van der Waals surface area contributed by atoms with Crippen LogP contribution in [0.15, 0.2) is 29.8 Å². The molecule has 2 unspecified atom stereocenters. The maximum Gasteiger partial charge on any atom is 0.234 e. The van der Waals surface area contributed by atoms with Gasteiger partial charge in [-0.3, -0.25) is 9.59 Å². The molecule has 20 heavy (non-hydrogen) atoms. The first-order valence-electron chi connectivity index (χ1n) is 6.47. The highest BCUT2D eigenvalue weighted by molar-refractivity contribution is 6.52. The number of carbonyl (C=O) groups excluding carboxylic acids is 2. The third-order valence-electron chi connectivity index (χ3n) is 4.00. The monoisotopic (exact) mass is 272 g/mol. The Hall–Kier alpha value is -1.98. The van der Waals surface area contributed by atoms with Crippen LogP contribution in [0.25, 0.3) is 5.76 Å². The molecule has 1 aliphatic carbocycles. The molecule has 1 aromatic carbocycles. The summed E-state index contributed by atoms with van der Waals surface area (Å²) in [5.74, 6) is -0.771. The topological polar surface area (TPSA) is 95.4 Å². The van der Waals surface area contributed by atoms with Gasteiger partial charge in [-0.05, 0) is 13.8 Å². The number of hydrogen-bond donors (Lipinski definition) is 2.